The maximum absolute atomic E-state index is 13.9. The van der Waals surface area contributed by atoms with Crippen molar-refractivity contribution in [3.63, 3.8) is 0 Å². The fourth-order valence-corrected chi connectivity index (χ4v) is 3.93. The summed E-state index contributed by atoms with van der Waals surface area (Å²) in [6.07, 6.45) is 4.02. The molecule has 4 nitrogen and oxygen atoms in total. The van der Waals surface area contributed by atoms with Gasteiger partial charge < -0.3 is 10.4 Å². The number of hydrogen-bond donors (Lipinski definition) is 2. The van der Waals surface area contributed by atoms with Gasteiger partial charge in [0.15, 0.2) is 0 Å². The van der Waals surface area contributed by atoms with Crippen LogP contribution >= 0.6 is 11.8 Å². The average Bonchev–Trinajstić information content (AvgIpc) is 2.47. The summed E-state index contributed by atoms with van der Waals surface area (Å²) in [4.78, 5) is 23.0. The Balaban J connectivity index is 2.01. The van der Waals surface area contributed by atoms with Crippen LogP contribution in [0.25, 0.3) is 0 Å². The van der Waals surface area contributed by atoms with Crippen molar-refractivity contribution in [3.05, 3.63) is 35.1 Å². The third-order valence-corrected chi connectivity index (χ3v) is 5.06. The first-order valence-electron chi connectivity index (χ1n) is 7.46. The van der Waals surface area contributed by atoms with Crippen LogP contribution < -0.4 is 5.32 Å². The predicted molar refractivity (Wildman–Crippen MR) is 85.0 cm³/mol. The van der Waals surface area contributed by atoms with Crippen LogP contribution in [0.1, 0.15) is 53.3 Å². The highest BCUT2D eigenvalue weighted by atomic mass is 32.2. The largest absolute Gasteiger partial charge is 0.478 e. The van der Waals surface area contributed by atoms with Crippen molar-refractivity contribution in [1.82, 2.24) is 5.32 Å². The molecule has 0 bridgehead atoms. The van der Waals surface area contributed by atoms with Gasteiger partial charge in [0.25, 0.3) is 5.91 Å². The monoisotopic (exact) mass is 325 g/mol. The zero-order chi connectivity index (χ0) is 16.1. The van der Waals surface area contributed by atoms with Crippen LogP contribution in [0.15, 0.2) is 18.2 Å². The van der Waals surface area contributed by atoms with Crippen LogP contribution in [0.3, 0.4) is 0 Å². The number of aromatic carboxylic acids is 1. The molecule has 1 aliphatic rings. The van der Waals surface area contributed by atoms with E-state index >= 15 is 0 Å². The van der Waals surface area contributed by atoms with Gasteiger partial charge in [-0.15, -0.1) is 0 Å². The number of halogens is 1. The van der Waals surface area contributed by atoms with Gasteiger partial charge in [0.1, 0.15) is 5.82 Å². The minimum absolute atomic E-state index is 0.0591. The molecule has 6 heteroatoms. The van der Waals surface area contributed by atoms with Crippen molar-refractivity contribution in [2.24, 2.45) is 0 Å². The van der Waals surface area contributed by atoms with Gasteiger partial charge in [0.2, 0.25) is 0 Å². The standard InChI is InChI=1S/C16H20FNO3S/c1-2-22-12-5-3-4-11(9-12)18-15(19)13-7-6-10(16(20)21)8-14(13)17/h6-8,11-12H,2-5,9H2,1H3,(H,18,19)(H,20,21). The Labute approximate surface area is 133 Å². The molecule has 0 saturated heterocycles. The normalized spacial score (nSPS) is 21.4. The van der Waals surface area contributed by atoms with Crippen molar-refractivity contribution in [2.45, 2.75) is 43.9 Å². The second-order valence-corrected chi connectivity index (χ2v) is 6.99. The SMILES string of the molecule is CCSC1CCCC(NC(=O)c2ccc(C(=O)O)cc2F)C1. The third-order valence-electron chi connectivity index (χ3n) is 3.82. The fraction of sp³-hybridized carbons (Fsp3) is 0.500. The first-order valence-corrected chi connectivity index (χ1v) is 8.51. The first kappa shape index (κ1) is 16.8. The summed E-state index contributed by atoms with van der Waals surface area (Å²) in [6.45, 7) is 2.12. The van der Waals surface area contributed by atoms with E-state index in [-0.39, 0.29) is 17.2 Å². The van der Waals surface area contributed by atoms with E-state index in [9.17, 15) is 14.0 Å². The topological polar surface area (TPSA) is 66.4 Å². The van der Waals surface area contributed by atoms with E-state index in [0.29, 0.717) is 5.25 Å². The predicted octanol–water partition coefficient (Wildman–Crippen LogP) is 3.32. The summed E-state index contributed by atoms with van der Waals surface area (Å²) in [5.41, 5.74) is -0.263. The van der Waals surface area contributed by atoms with Gasteiger partial charge in [-0.2, -0.15) is 11.8 Å². The Hall–Kier alpha value is -1.56. The first-order chi connectivity index (χ1) is 10.5. The number of hydrogen-bond acceptors (Lipinski definition) is 3. The van der Waals surface area contributed by atoms with Gasteiger partial charge in [0, 0.05) is 11.3 Å². The lowest BCUT2D eigenvalue weighted by Gasteiger charge is -2.29. The summed E-state index contributed by atoms with van der Waals surface area (Å²) in [7, 11) is 0. The minimum atomic E-state index is -1.21. The van der Waals surface area contributed by atoms with E-state index in [1.165, 1.54) is 12.1 Å². The molecule has 0 heterocycles. The maximum Gasteiger partial charge on any atom is 0.335 e. The van der Waals surface area contributed by atoms with Crippen LogP contribution in [0.4, 0.5) is 4.39 Å². The van der Waals surface area contributed by atoms with E-state index in [1.54, 1.807) is 0 Å². The molecule has 2 atom stereocenters. The molecule has 2 N–H and O–H groups in total. The quantitative estimate of drug-likeness (QED) is 0.871. The Morgan fingerprint density at radius 1 is 1.41 bits per heavy atom. The van der Waals surface area contributed by atoms with Gasteiger partial charge in [-0.25, -0.2) is 9.18 Å². The Bertz CT molecular complexity index is 562. The second kappa shape index (κ2) is 7.63. The summed E-state index contributed by atoms with van der Waals surface area (Å²) in [6, 6.07) is 3.42. The lowest BCUT2D eigenvalue weighted by atomic mass is 9.94. The minimum Gasteiger partial charge on any atom is -0.478 e. The lowest BCUT2D eigenvalue weighted by Crippen LogP contribution is -2.39. The number of carboxylic acid groups (broad SMARTS) is 1. The molecule has 0 aliphatic heterocycles. The van der Waals surface area contributed by atoms with E-state index < -0.39 is 17.7 Å². The highest BCUT2D eigenvalue weighted by Crippen LogP contribution is 2.28. The van der Waals surface area contributed by atoms with Crippen molar-refractivity contribution in [1.29, 1.82) is 0 Å². The van der Waals surface area contributed by atoms with E-state index in [0.717, 1.165) is 37.5 Å². The molecule has 0 spiro atoms. The summed E-state index contributed by atoms with van der Waals surface area (Å²) in [5, 5.41) is 12.2. The number of carboxylic acids is 1. The van der Waals surface area contributed by atoms with Crippen LogP contribution in [-0.4, -0.2) is 34.0 Å². The molecule has 1 aromatic carbocycles. The molecule has 1 fully saturated rings. The van der Waals surface area contributed by atoms with Crippen LogP contribution in [0.5, 0.6) is 0 Å². The van der Waals surface area contributed by atoms with E-state index in [1.807, 2.05) is 11.8 Å². The molecule has 0 aromatic heterocycles. The third kappa shape index (κ3) is 4.22. The smallest absolute Gasteiger partial charge is 0.335 e. The van der Waals surface area contributed by atoms with Crippen molar-refractivity contribution < 1.29 is 19.1 Å². The average molecular weight is 325 g/mol. The number of amides is 1. The van der Waals surface area contributed by atoms with Gasteiger partial charge in [-0.1, -0.05) is 13.3 Å². The van der Waals surface area contributed by atoms with Crippen LogP contribution in [0, 0.1) is 5.82 Å². The maximum atomic E-state index is 13.9. The van der Waals surface area contributed by atoms with Gasteiger partial charge in [0.05, 0.1) is 11.1 Å². The number of rotatable bonds is 5. The highest BCUT2D eigenvalue weighted by Gasteiger charge is 2.24. The van der Waals surface area contributed by atoms with E-state index in [4.69, 9.17) is 5.11 Å². The molecule has 1 saturated carbocycles. The Morgan fingerprint density at radius 3 is 2.82 bits per heavy atom. The molecular weight excluding hydrogens is 305 g/mol. The Kier molecular flexibility index (Phi) is 5.83. The molecule has 22 heavy (non-hydrogen) atoms. The summed E-state index contributed by atoms with van der Waals surface area (Å²) < 4.78 is 13.9. The van der Waals surface area contributed by atoms with Gasteiger partial charge >= 0.3 is 5.97 Å². The van der Waals surface area contributed by atoms with Crippen molar-refractivity contribution >= 4 is 23.6 Å². The molecule has 120 valence electrons. The molecule has 1 aromatic rings. The number of carbonyl (C=O) groups excluding carboxylic acids is 1. The molecule has 0 radical (unpaired) electrons. The molecule has 2 rings (SSSR count). The van der Waals surface area contributed by atoms with Crippen LogP contribution in [-0.2, 0) is 0 Å². The molecule has 2 unspecified atom stereocenters. The second-order valence-electron chi connectivity index (χ2n) is 5.41. The van der Waals surface area contributed by atoms with Gasteiger partial charge in [-0.05, 0) is 43.2 Å². The number of thioether (sulfide) groups is 1. The highest BCUT2D eigenvalue weighted by molar-refractivity contribution is 7.99. The van der Waals surface area contributed by atoms with E-state index in [2.05, 4.69) is 12.2 Å². The van der Waals surface area contributed by atoms with Gasteiger partial charge in [-0.3, -0.25) is 4.79 Å². The fourth-order valence-electron chi connectivity index (χ4n) is 2.76. The number of carbonyl (C=O) groups is 2. The molecular formula is C16H20FNO3S. The van der Waals surface area contributed by atoms with Crippen LogP contribution in [0.2, 0.25) is 0 Å². The zero-order valence-corrected chi connectivity index (χ0v) is 13.3. The van der Waals surface area contributed by atoms with Crippen molar-refractivity contribution in [3.8, 4) is 0 Å². The lowest BCUT2D eigenvalue weighted by molar-refractivity contribution is 0.0695. The summed E-state index contributed by atoms with van der Waals surface area (Å²) >= 11 is 1.90. The number of nitrogens with one attached hydrogen (secondary N) is 1. The number of benzene rings is 1. The Morgan fingerprint density at radius 2 is 2.18 bits per heavy atom. The molecule has 1 amide bonds. The zero-order valence-electron chi connectivity index (χ0n) is 12.5. The molecule has 1 aliphatic carbocycles. The summed E-state index contributed by atoms with van der Waals surface area (Å²) in [5.74, 6) is -1.43. The van der Waals surface area contributed by atoms with Crippen molar-refractivity contribution in [2.75, 3.05) is 5.75 Å².